The average Bonchev–Trinajstić information content (AvgIpc) is 3.09. The highest BCUT2D eigenvalue weighted by Gasteiger charge is 2.34. The van der Waals surface area contributed by atoms with Crippen molar-refractivity contribution in [3.05, 3.63) is 29.8 Å². The van der Waals surface area contributed by atoms with E-state index in [9.17, 15) is 4.79 Å². The summed E-state index contributed by atoms with van der Waals surface area (Å²) in [6.07, 6.45) is 0. The minimum Gasteiger partial charge on any atom is -0.396 e. The summed E-state index contributed by atoms with van der Waals surface area (Å²) in [4.78, 5) is 15.9. The first kappa shape index (κ1) is 17.7. The maximum Gasteiger partial charge on any atom is 0.251 e. The second kappa shape index (κ2) is 8.82. The van der Waals surface area contributed by atoms with Gasteiger partial charge in [0.2, 0.25) is 0 Å². The Kier molecular flexibility index (Phi) is 6.51. The van der Waals surface area contributed by atoms with E-state index < -0.39 is 0 Å². The van der Waals surface area contributed by atoms with Crippen LogP contribution in [0, 0.1) is 0 Å². The van der Waals surface area contributed by atoms with E-state index >= 15 is 0 Å². The highest BCUT2D eigenvalue weighted by Crippen LogP contribution is 2.19. The first-order valence-corrected chi connectivity index (χ1v) is 9.30. The summed E-state index contributed by atoms with van der Waals surface area (Å²) in [5.41, 5.74) is 0.649. The van der Waals surface area contributed by atoms with Crippen LogP contribution in [-0.2, 0) is 9.47 Å². The Hall–Kier alpha value is -1.12. The van der Waals surface area contributed by atoms with E-state index in [1.807, 2.05) is 24.3 Å². The van der Waals surface area contributed by atoms with Crippen LogP contribution in [0.3, 0.4) is 0 Å². The van der Waals surface area contributed by atoms with Crippen LogP contribution in [0.1, 0.15) is 10.4 Å². The highest BCUT2D eigenvalue weighted by atomic mass is 32.2. The molecule has 0 spiro atoms. The van der Waals surface area contributed by atoms with Gasteiger partial charge in [-0.1, -0.05) is 0 Å². The number of carbonyl (C=O) groups excluding carboxylic acids is 1. The Morgan fingerprint density at radius 1 is 1.21 bits per heavy atom. The van der Waals surface area contributed by atoms with Gasteiger partial charge in [-0.15, -0.1) is 11.8 Å². The lowest BCUT2D eigenvalue weighted by atomic mass is 10.1. The fraction of sp³-hybridized carbons (Fsp3) is 0.588. The van der Waals surface area contributed by atoms with Gasteiger partial charge in [-0.3, -0.25) is 9.69 Å². The molecule has 0 bridgehead atoms. The molecule has 24 heavy (non-hydrogen) atoms. The third-order valence-corrected chi connectivity index (χ3v) is 5.35. The zero-order chi connectivity index (χ0) is 16.8. The molecule has 6 nitrogen and oxygen atoms in total. The SMILES string of the molecule is O=C(N[C@H]1COC[C@@H]1N1CCOCC1)c1ccc(SCCO)cc1. The molecule has 2 heterocycles. The van der Waals surface area contributed by atoms with Crippen molar-refractivity contribution in [3.8, 4) is 0 Å². The molecule has 0 unspecified atom stereocenters. The first-order valence-electron chi connectivity index (χ1n) is 8.32. The Morgan fingerprint density at radius 3 is 2.67 bits per heavy atom. The van der Waals surface area contributed by atoms with Crippen molar-refractivity contribution in [3.63, 3.8) is 0 Å². The molecular formula is C17H24N2O4S. The molecule has 7 heteroatoms. The van der Waals surface area contributed by atoms with Crippen molar-refractivity contribution in [2.24, 2.45) is 0 Å². The van der Waals surface area contributed by atoms with Crippen molar-refractivity contribution in [2.45, 2.75) is 17.0 Å². The van der Waals surface area contributed by atoms with Gasteiger partial charge in [-0.2, -0.15) is 0 Å². The molecule has 0 aliphatic carbocycles. The van der Waals surface area contributed by atoms with Crippen molar-refractivity contribution in [1.82, 2.24) is 10.2 Å². The molecule has 0 radical (unpaired) electrons. The summed E-state index contributed by atoms with van der Waals surface area (Å²) < 4.78 is 11.0. The molecule has 1 aromatic rings. The van der Waals surface area contributed by atoms with Gasteiger partial charge in [0.05, 0.1) is 45.1 Å². The Labute approximate surface area is 146 Å². The maximum atomic E-state index is 12.5. The van der Waals surface area contributed by atoms with Gasteiger partial charge in [0, 0.05) is 29.3 Å². The van der Waals surface area contributed by atoms with Gasteiger partial charge in [-0.05, 0) is 24.3 Å². The molecule has 3 rings (SSSR count). The van der Waals surface area contributed by atoms with E-state index in [-0.39, 0.29) is 24.6 Å². The summed E-state index contributed by atoms with van der Waals surface area (Å²) in [5, 5.41) is 12.0. The second-order valence-corrected chi connectivity index (χ2v) is 7.10. The summed E-state index contributed by atoms with van der Waals surface area (Å²) >= 11 is 1.57. The van der Waals surface area contributed by atoms with E-state index in [1.54, 1.807) is 11.8 Å². The molecule has 2 fully saturated rings. The average molecular weight is 352 g/mol. The molecule has 2 aliphatic heterocycles. The van der Waals surface area contributed by atoms with Crippen molar-refractivity contribution < 1.29 is 19.4 Å². The molecule has 1 aromatic carbocycles. The Balaban J connectivity index is 1.57. The smallest absolute Gasteiger partial charge is 0.251 e. The maximum absolute atomic E-state index is 12.5. The van der Waals surface area contributed by atoms with Crippen LogP contribution in [0.25, 0.3) is 0 Å². The monoisotopic (exact) mass is 352 g/mol. The van der Waals surface area contributed by atoms with E-state index in [0.29, 0.717) is 24.5 Å². The quantitative estimate of drug-likeness (QED) is 0.731. The number of nitrogens with zero attached hydrogens (tertiary/aromatic N) is 1. The van der Waals surface area contributed by atoms with Gasteiger partial charge in [0.25, 0.3) is 5.91 Å². The lowest BCUT2D eigenvalue weighted by Gasteiger charge is -2.34. The predicted molar refractivity (Wildman–Crippen MR) is 92.5 cm³/mol. The number of nitrogens with one attached hydrogen (secondary N) is 1. The lowest BCUT2D eigenvalue weighted by molar-refractivity contribution is 0.0108. The molecule has 2 aliphatic rings. The van der Waals surface area contributed by atoms with E-state index in [1.165, 1.54) is 0 Å². The number of hydrogen-bond donors (Lipinski definition) is 2. The molecule has 2 saturated heterocycles. The number of benzene rings is 1. The van der Waals surface area contributed by atoms with Crippen LogP contribution >= 0.6 is 11.8 Å². The van der Waals surface area contributed by atoms with Gasteiger partial charge in [0.1, 0.15) is 0 Å². The number of amides is 1. The zero-order valence-corrected chi connectivity index (χ0v) is 14.5. The molecule has 132 valence electrons. The zero-order valence-electron chi connectivity index (χ0n) is 13.6. The van der Waals surface area contributed by atoms with E-state index in [4.69, 9.17) is 14.6 Å². The highest BCUT2D eigenvalue weighted by molar-refractivity contribution is 7.99. The van der Waals surface area contributed by atoms with Crippen LogP contribution in [-0.4, -0.2) is 79.9 Å². The normalized spacial score (nSPS) is 24.9. The van der Waals surface area contributed by atoms with E-state index in [2.05, 4.69) is 10.2 Å². The Morgan fingerprint density at radius 2 is 1.96 bits per heavy atom. The third-order valence-electron chi connectivity index (χ3n) is 4.36. The number of aliphatic hydroxyl groups is 1. The molecule has 0 aromatic heterocycles. The first-order chi connectivity index (χ1) is 11.8. The van der Waals surface area contributed by atoms with Crippen LogP contribution in [0.5, 0.6) is 0 Å². The minimum atomic E-state index is -0.0672. The molecular weight excluding hydrogens is 328 g/mol. The molecule has 2 atom stereocenters. The summed E-state index contributed by atoms with van der Waals surface area (Å²) in [6, 6.07) is 7.72. The van der Waals surface area contributed by atoms with Crippen molar-refractivity contribution >= 4 is 17.7 Å². The fourth-order valence-electron chi connectivity index (χ4n) is 3.07. The van der Waals surface area contributed by atoms with Crippen LogP contribution in [0.15, 0.2) is 29.2 Å². The number of morpholine rings is 1. The number of hydrogen-bond acceptors (Lipinski definition) is 6. The van der Waals surface area contributed by atoms with Gasteiger partial charge >= 0.3 is 0 Å². The molecule has 0 saturated carbocycles. The largest absolute Gasteiger partial charge is 0.396 e. The molecule has 1 amide bonds. The lowest BCUT2D eigenvalue weighted by Crippen LogP contribution is -2.54. The topological polar surface area (TPSA) is 71.0 Å². The van der Waals surface area contributed by atoms with Crippen LogP contribution in [0.2, 0.25) is 0 Å². The van der Waals surface area contributed by atoms with Crippen molar-refractivity contribution in [1.29, 1.82) is 0 Å². The summed E-state index contributed by atoms with van der Waals surface area (Å²) in [7, 11) is 0. The van der Waals surface area contributed by atoms with E-state index in [0.717, 1.165) is 31.2 Å². The standard InChI is InChI=1S/C17H24N2O4S/c20-7-10-24-14-3-1-13(2-4-14)17(21)18-15-11-23-12-16(15)19-5-8-22-9-6-19/h1-4,15-16,20H,5-12H2,(H,18,21)/t15-,16-/m0/s1. The number of thioether (sulfide) groups is 1. The number of ether oxygens (including phenoxy) is 2. The van der Waals surface area contributed by atoms with Gasteiger partial charge < -0.3 is 19.9 Å². The summed E-state index contributed by atoms with van der Waals surface area (Å²) in [6.45, 7) is 4.61. The Bertz CT molecular complexity index is 534. The minimum absolute atomic E-state index is 0.0130. The number of carbonyl (C=O) groups is 1. The predicted octanol–water partition coefficient (Wildman–Crippen LogP) is 0.600. The van der Waals surface area contributed by atoms with Gasteiger partial charge in [-0.25, -0.2) is 0 Å². The third kappa shape index (κ3) is 4.49. The van der Waals surface area contributed by atoms with Crippen LogP contribution < -0.4 is 5.32 Å². The fourth-order valence-corrected chi connectivity index (χ4v) is 3.72. The second-order valence-electron chi connectivity index (χ2n) is 5.93. The number of aliphatic hydroxyl groups excluding tert-OH is 1. The summed E-state index contributed by atoms with van der Waals surface area (Å²) in [5.74, 6) is 0.592. The van der Waals surface area contributed by atoms with Gasteiger partial charge in [0.15, 0.2) is 0 Å². The molecule has 2 N–H and O–H groups in total. The number of rotatable bonds is 6. The van der Waals surface area contributed by atoms with Crippen molar-refractivity contribution in [2.75, 3.05) is 51.9 Å². The van der Waals surface area contributed by atoms with Crippen LogP contribution in [0.4, 0.5) is 0 Å².